The predicted molar refractivity (Wildman–Crippen MR) is 125 cm³/mol. The van der Waals surface area contributed by atoms with Gasteiger partial charge in [-0.2, -0.15) is 13.2 Å². The van der Waals surface area contributed by atoms with Crippen LogP contribution in [0.25, 0.3) is 0 Å². The van der Waals surface area contributed by atoms with Crippen LogP contribution in [0, 0.1) is 5.92 Å². The summed E-state index contributed by atoms with van der Waals surface area (Å²) >= 11 is 0. The van der Waals surface area contributed by atoms with Crippen LogP contribution in [0.15, 0.2) is 29.3 Å². The fraction of sp³-hybridized carbons (Fsp3) is 0.667. The monoisotopic (exact) mass is 556 g/mol. The molecule has 0 bridgehead atoms. The lowest BCUT2D eigenvalue weighted by Gasteiger charge is -2.36. The molecule has 1 N–H and O–H groups in total. The lowest BCUT2D eigenvalue weighted by atomic mass is 10.0. The standard InChI is InChI=1S/C21H31F3N4O2.HI/c1-25-20(27(2)14-16-7-10-30-15-16)26-13-19(28-8-11-29-12-9-28)17-3-5-18(6-4-17)21(22,23)24;/h3-6,16,19H,7-15H2,1-2H3,(H,25,26);1H. The van der Waals surface area contributed by atoms with Crippen LogP contribution in [0.2, 0.25) is 0 Å². The van der Waals surface area contributed by atoms with E-state index >= 15 is 0 Å². The summed E-state index contributed by atoms with van der Waals surface area (Å²) in [5.41, 5.74) is 0.217. The summed E-state index contributed by atoms with van der Waals surface area (Å²) in [6.45, 7) is 5.68. The van der Waals surface area contributed by atoms with Crippen LogP contribution in [-0.2, 0) is 15.7 Å². The molecule has 2 aliphatic heterocycles. The van der Waals surface area contributed by atoms with E-state index in [0.717, 1.165) is 62.9 Å². The lowest BCUT2D eigenvalue weighted by molar-refractivity contribution is -0.137. The van der Waals surface area contributed by atoms with Gasteiger partial charge in [0.25, 0.3) is 0 Å². The third kappa shape index (κ3) is 7.47. The molecule has 2 fully saturated rings. The topological polar surface area (TPSA) is 49.3 Å². The van der Waals surface area contributed by atoms with E-state index in [4.69, 9.17) is 9.47 Å². The molecule has 0 spiro atoms. The Morgan fingerprint density at radius 1 is 1.19 bits per heavy atom. The van der Waals surface area contributed by atoms with E-state index in [1.54, 1.807) is 19.2 Å². The Labute approximate surface area is 199 Å². The number of aliphatic imine (C=N–C) groups is 1. The normalized spacial score (nSPS) is 21.5. The summed E-state index contributed by atoms with van der Waals surface area (Å²) in [6, 6.07) is 5.39. The van der Waals surface area contributed by atoms with Crippen molar-refractivity contribution in [3.8, 4) is 0 Å². The van der Waals surface area contributed by atoms with Gasteiger partial charge in [0.1, 0.15) is 0 Å². The maximum absolute atomic E-state index is 13.0. The zero-order valence-corrected chi connectivity index (χ0v) is 20.4. The van der Waals surface area contributed by atoms with Crippen LogP contribution in [-0.4, -0.2) is 82.5 Å². The van der Waals surface area contributed by atoms with E-state index in [1.165, 1.54) is 0 Å². The number of nitrogens with one attached hydrogen (secondary N) is 1. The number of hydrogen-bond donors (Lipinski definition) is 1. The first-order chi connectivity index (χ1) is 14.4. The first kappa shape index (κ1) is 26.1. The number of nitrogens with zero attached hydrogens (tertiary/aromatic N) is 3. The number of ether oxygens (including phenoxy) is 2. The van der Waals surface area contributed by atoms with Crippen molar-refractivity contribution in [3.63, 3.8) is 0 Å². The van der Waals surface area contributed by atoms with Crippen LogP contribution >= 0.6 is 24.0 Å². The molecule has 1 aromatic rings. The molecule has 1 aromatic carbocycles. The quantitative estimate of drug-likeness (QED) is 0.332. The third-order valence-corrected chi connectivity index (χ3v) is 5.69. The Bertz CT molecular complexity index is 691. The van der Waals surface area contributed by atoms with Crippen molar-refractivity contribution in [2.75, 3.05) is 66.7 Å². The number of rotatable bonds is 6. The second-order valence-corrected chi connectivity index (χ2v) is 7.82. The van der Waals surface area contributed by atoms with Gasteiger partial charge in [0, 0.05) is 52.8 Å². The number of morpholine rings is 1. The van der Waals surface area contributed by atoms with Crippen molar-refractivity contribution in [2.24, 2.45) is 10.9 Å². The highest BCUT2D eigenvalue weighted by molar-refractivity contribution is 14.0. The number of halogens is 4. The summed E-state index contributed by atoms with van der Waals surface area (Å²) in [5, 5.41) is 3.41. The SMILES string of the molecule is CN=C(NCC(c1ccc(C(F)(F)F)cc1)N1CCOCC1)N(C)CC1CCOC1.I. The zero-order chi connectivity index (χ0) is 21.6. The van der Waals surface area contributed by atoms with Gasteiger partial charge in [0.15, 0.2) is 5.96 Å². The molecule has 0 amide bonds. The van der Waals surface area contributed by atoms with E-state index in [0.29, 0.717) is 25.7 Å². The van der Waals surface area contributed by atoms with E-state index in [2.05, 4.69) is 20.1 Å². The van der Waals surface area contributed by atoms with E-state index in [1.807, 2.05) is 7.05 Å². The fourth-order valence-electron chi connectivity index (χ4n) is 4.01. The molecule has 2 saturated heterocycles. The maximum Gasteiger partial charge on any atom is 0.416 e. The smallest absolute Gasteiger partial charge is 0.381 e. The Hall–Kier alpha value is -1.11. The minimum Gasteiger partial charge on any atom is -0.381 e. The van der Waals surface area contributed by atoms with E-state index in [9.17, 15) is 13.2 Å². The van der Waals surface area contributed by atoms with Gasteiger partial charge in [-0.1, -0.05) is 12.1 Å². The second kappa shape index (κ2) is 12.2. The van der Waals surface area contributed by atoms with Crippen molar-refractivity contribution in [3.05, 3.63) is 35.4 Å². The number of guanidine groups is 1. The summed E-state index contributed by atoms with van der Waals surface area (Å²) in [7, 11) is 3.74. The molecular weight excluding hydrogens is 524 g/mol. The van der Waals surface area contributed by atoms with Gasteiger partial charge in [-0.3, -0.25) is 9.89 Å². The molecule has 2 atom stereocenters. The summed E-state index contributed by atoms with van der Waals surface area (Å²) in [4.78, 5) is 8.72. The van der Waals surface area contributed by atoms with Gasteiger partial charge in [-0.25, -0.2) is 0 Å². The molecule has 6 nitrogen and oxygen atoms in total. The Kier molecular flexibility index (Phi) is 10.3. The van der Waals surface area contributed by atoms with Gasteiger partial charge in [0.2, 0.25) is 0 Å². The highest BCUT2D eigenvalue weighted by Crippen LogP contribution is 2.31. The highest BCUT2D eigenvalue weighted by atomic mass is 127. The zero-order valence-electron chi connectivity index (χ0n) is 18.0. The van der Waals surface area contributed by atoms with Crippen molar-refractivity contribution in [2.45, 2.75) is 18.6 Å². The largest absolute Gasteiger partial charge is 0.416 e. The molecule has 2 unspecified atom stereocenters. The lowest BCUT2D eigenvalue weighted by Crippen LogP contribution is -2.47. The van der Waals surface area contributed by atoms with Crippen molar-refractivity contribution < 1.29 is 22.6 Å². The van der Waals surface area contributed by atoms with Gasteiger partial charge in [-0.05, 0) is 24.1 Å². The average molecular weight is 556 g/mol. The number of alkyl halides is 3. The summed E-state index contributed by atoms with van der Waals surface area (Å²) < 4.78 is 49.8. The van der Waals surface area contributed by atoms with E-state index in [-0.39, 0.29) is 30.0 Å². The van der Waals surface area contributed by atoms with Crippen LogP contribution in [0.1, 0.15) is 23.6 Å². The minimum absolute atomic E-state index is 0. The molecule has 10 heteroatoms. The van der Waals surface area contributed by atoms with Crippen molar-refractivity contribution >= 4 is 29.9 Å². The molecule has 0 aromatic heterocycles. The van der Waals surface area contributed by atoms with Crippen LogP contribution < -0.4 is 5.32 Å². The molecule has 31 heavy (non-hydrogen) atoms. The van der Waals surface area contributed by atoms with Crippen LogP contribution in [0.5, 0.6) is 0 Å². The molecule has 0 saturated carbocycles. The fourth-order valence-corrected chi connectivity index (χ4v) is 4.01. The Morgan fingerprint density at radius 2 is 1.87 bits per heavy atom. The molecule has 2 aliphatic rings. The molecule has 3 rings (SSSR count). The van der Waals surface area contributed by atoms with Gasteiger partial charge < -0.3 is 19.7 Å². The molecule has 176 valence electrons. The van der Waals surface area contributed by atoms with Gasteiger partial charge in [-0.15, -0.1) is 24.0 Å². The van der Waals surface area contributed by atoms with Crippen molar-refractivity contribution in [1.29, 1.82) is 0 Å². The summed E-state index contributed by atoms with van der Waals surface area (Å²) in [5.74, 6) is 1.26. The number of benzene rings is 1. The highest BCUT2D eigenvalue weighted by Gasteiger charge is 2.31. The van der Waals surface area contributed by atoms with Crippen LogP contribution in [0.4, 0.5) is 13.2 Å². The minimum atomic E-state index is -4.33. The predicted octanol–water partition coefficient (Wildman–Crippen LogP) is 3.24. The Morgan fingerprint density at radius 3 is 2.42 bits per heavy atom. The van der Waals surface area contributed by atoms with Gasteiger partial charge in [0.05, 0.1) is 31.4 Å². The van der Waals surface area contributed by atoms with Gasteiger partial charge >= 0.3 is 6.18 Å². The average Bonchev–Trinajstić information content (AvgIpc) is 3.24. The van der Waals surface area contributed by atoms with Crippen molar-refractivity contribution in [1.82, 2.24) is 15.1 Å². The molecular formula is C21H32F3IN4O2. The van der Waals surface area contributed by atoms with Crippen LogP contribution in [0.3, 0.4) is 0 Å². The molecule has 2 heterocycles. The first-order valence-electron chi connectivity index (χ1n) is 10.4. The van der Waals surface area contributed by atoms with E-state index < -0.39 is 11.7 Å². The number of hydrogen-bond acceptors (Lipinski definition) is 4. The molecule has 0 radical (unpaired) electrons. The Balaban J connectivity index is 0.00000341. The molecule has 0 aliphatic carbocycles. The third-order valence-electron chi connectivity index (χ3n) is 5.69. The first-order valence-corrected chi connectivity index (χ1v) is 10.4. The summed E-state index contributed by atoms with van der Waals surface area (Å²) in [6.07, 6.45) is -3.29. The second-order valence-electron chi connectivity index (χ2n) is 7.82. The maximum atomic E-state index is 13.0.